The smallest absolute Gasteiger partial charge is 0.407 e. The van der Waals surface area contributed by atoms with Gasteiger partial charge in [0.1, 0.15) is 6.29 Å². The Morgan fingerprint density at radius 3 is 1.91 bits per heavy atom. The van der Waals surface area contributed by atoms with Gasteiger partial charge in [-0.3, -0.25) is 4.90 Å². The van der Waals surface area contributed by atoms with Crippen molar-refractivity contribution in [2.24, 2.45) is 10.8 Å². The first-order valence-electron chi connectivity index (χ1n) is 7.74. The number of hydrogen-bond donors (Lipinski definition) is 2. The second-order valence-electron chi connectivity index (χ2n) is 8.22. The van der Waals surface area contributed by atoms with Crippen molar-refractivity contribution in [3.63, 3.8) is 0 Å². The van der Waals surface area contributed by atoms with Crippen LogP contribution in [0.15, 0.2) is 0 Å². The van der Waals surface area contributed by atoms with Gasteiger partial charge in [0.2, 0.25) is 0 Å². The Labute approximate surface area is 137 Å². The first kappa shape index (κ1) is 19.3. The van der Waals surface area contributed by atoms with Gasteiger partial charge >= 0.3 is 12.2 Å². The molecule has 1 fully saturated rings. The zero-order chi connectivity index (χ0) is 18.2. The van der Waals surface area contributed by atoms with Crippen molar-refractivity contribution in [3.05, 3.63) is 0 Å². The molecule has 0 radical (unpaired) electrons. The van der Waals surface area contributed by atoms with Crippen LogP contribution in [0.4, 0.5) is 9.59 Å². The van der Waals surface area contributed by atoms with E-state index < -0.39 is 34.6 Å². The summed E-state index contributed by atoms with van der Waals surface area (Å²) in [4.78, 5) is 37.7. The Bertz CT molecular complexity index is 492. The van der Waals surface area contributed by atoms with Crippen molar-refractivity contribution in [3.8, 4) is 0 Å². The van der Waals surface area contributed by atoms with E-state index in [0.717, 1.165) is 0 Å². The van der Waals surface area contributed by atoms with E-state index in [9.17, 15) is 24.6 Å². The molecule has 1 aliphatic rings. The Balaban J connectivity index is 3.73. The fourth-order valence-corrected chi connectivity index (χ4v) is 4.07. The molecule has 1 saturated heterocycles. The van der Waals surface area contributed by atoms with Crippen LogP contribution in [-0.4, -0.2) is 63.2 Å². The molecule has 1 rings (SSSR count). The van der Waals surface area contributed by atoms with Crippen LogP contribution in [0.3, 0.4) is 0 Å². The fraction of sp³-hybridized carbons (Fsp3) is 0.812. The fourth-order valence-electron chi connectivity index (χ4n) is 4.07. The molecule has 0 aliphatic carbocycles. The summed E-state index contributed by atoms with van der Waals surface area (Å²) in [6, 6.07) is -0.637. The maximum absolute atomic E-state index is 11.9. The second kappa shape index (κ2) is 6.02. The zero-order valence-electron chi connectivity index (χ0n) is 14.8. The third-order valence-corrected chi connectivity index (χ3v) is 4.80. The predicted octanol–water partition coefficient (Wildman–Crippen LogP) is 2.75. The summed E-state index contributed by atoms with van der Waals surface area (Å²) in [7, 11) is 0. The number of rotatable bonds is 2. The minimum absolute atomic E-state index is 0.0471. The van der Waals surface area contributed by atoms with Crippen LogP contribution >= 0.6 is 0 Å². The highest BCUT2D eigenvalue weighted by atomic mass is 16.4. The SMILES string of the molecule is CC(C)(C)C1N(C(=O)O)CCN(C(=O)O)C1(CC=O)C(C)(C)C. The molecule has 23 heavy (non-hydrogen) atoms. The van der Waals surface area contributed by atoms with Crippen LogP contribution < -0.4 is 0 Å². The summed E-state index contributed by atoms with van der Waals surface area (Å²) in [5.41, 5.74) is -2.30. The Hall–Kier alpha value is -1.79. The van der Waals surface area contributed by atoms with Gasteiger partial charge in [-0.15, -0.1) is 0 Å². The normalized spacial score (nSPS) is 26.1. The highest BCUT2D eigenvalue weighted by molar-refractivity contribution is 5.71. The Morgan fingerprint density at radius 2 is 1.61 bits per heavy atom. The van der Waals surface area contributed by atoms with Crippen molar-refractivity contribution < 1.29 is 24.6 Å². The van der Waals surface area contributed by atoms with Crippen molar-refractivity contribution in [1.82, 2.24) is 9.80 Å². The van der Waals surface area contributed by atoms with Gasteiger partial charge in [-0.2, -0.15) is 0 Å². The van der Waals surface area contributed by atoms with Crippen LogP contribution in [0, 0.1) is 10.8 Å². The third kappa shape index (κ3) is 3.14. The summed E-state index contributed by atoms with van der Waals surface area (Å²) in [5, 5.41) is 19.4. The van der Waals surface area contributed by atoms with Gasteiger partial charge in [0.05, 0.1) is 11.6 Å². The minimum Gasteiger partial charge on any atom is -0.465 e. The molecule has 0 aromatic heterocycles. The van der Waals surface area contributed by atoms with Gasteiger partial charge in [-0.05, 0) is 10.8 Å². The maximum Gasteiger partial charge on any atom is 0.407 e. The van der Waals surface area contributed by atoms with Crippen LogP contribution in [-0.2, 0) is 4.79 Å². The predicted molar refractivity (Wildman–Crippen MR) is 85.6 cm³/mol. The minimum atomic E-state index is -1.13. The molecule has 2 N–H and O–H groups in total. The van der Waals surface area contributed by atoms with E-state index in [4.69, 9.17) is 0 Å². The molecular weight excluding hydrogens is 300 g/mol. The van der Waals surface area contributed by atoms with Crippen LogP contribution in [0.5, 0.6) is 0 Å². The average molecular weight is 328 g/mol. The lowest BCUT2D eigenvalue weighted by Crippen LogP contribution is -2.77. The number of hydrogen-bond acceptors (Lipinski definition) is 3. The molecule has 7 nitrogen and oxygen atoms in total. The van der Waals surface area contributed by atoms with Crippen molar-refractivity contribution in [1.29, 1.82) is 0 Å². The molecular formula is C16H28N2O5. The van der Waals surface area contributed by atoms with Crippen LogP contribution in [0.2, 0.25) is 0 Å². The van der Waals surface area contributed by atoms with E-state index in [0.29, 0.717) is 6.29 Å². The molecule has 0 aromatic rings. The monoisotopic (exact) mass is 328 g/mol. The molecule has 0 bridgehead atoms. The third-order valence-electron chi connectivity index (χ3n) is 4.80. The molecule has 1 heterocycles. The molecule has 0 aromatic carbocycles. The Kier molecular flexibility index (Phi) is 5.04. The lowest BCUT2D eigenvalue weighted by Gasteiger charge is -2.63. The molecule has 132 valence electrons. The Morgan fingerprint density at radius 1 is 1.09 bits per heavy atom. The standard InChI is InChI=1S/C16H28N2O5/c1-14(2,3)11-16(7-10-19,15(4,5)6)18(13(22)23)9-8-17(11)12(20)21/h10-11H,7-9H2,1-6H3,(H,20,21)(H,22,23). The van der Waals surface area contributed by atoms with Gasteiger partial charge in [0.25, 0.3) is 0 Å². The van der Waals surface area contributed by atoms with E-state index in [1.54, 1.807) is 0 Å². The largest absolute Gasteiger partial charge is 0.465 e. The van der Waals surface area contributed by atoms with Gasteiger partial charge in [0.15, 0.2) is 0 Å². The molecule has 1 aliphatic heterocycles. The van der Waals surface area contributed by atoms with E-state index >= 15 is 0 Å². The van der Waals surface area contributed by atoms with E-state index in [-0.39, 0.29) is 19.5 Å². The zero-order valence-corrected chi connectivity index (χ0v) is 14.8. The quantitative estimate of drug-likeness (QED) is 0.760. The van der Waals surface area contributed by atoms with Gasteiger partial charge in [-0.1, -0.05) is 41.5 Å². The lowest BCUT2D eigenvalue weighted by molar-refractivity contribution is -0.135. The van der Waals surface area contributed by atoms with Gasteiger partial charge < -0.3 is 19.9 Å². The van der Waals surface area contributed by atoms with Crippen LogP contribution in [0.25, 0.3) is 0 Å². The highest BCUT2D eigenvalue weighted by Crippen LogP contribution is 2.50. The number of carbonyl (C=O) groups excluding carboxylic acids is 1. The topological polar surface area (TPSA) is 98.2 Å². The molecule has 0 saturated carbocycles. The summed E-state index contributed by atoms with van der Waals surface area (Å²) >= 11 is 0. The van der Waals surface area contributed by atoms with Crippen molar-refractivity contribution in [2.45, 2.75) is 59.5 Å². The summed E-state index contributed by atoms with van der Waals surface area (Å²) in [6.45, 7) is 11.4. The molecule has 2 unspecified atom stereocenters. The molecule has 2 amide bonds. The number of amides is 2. The number of piperazine rings is 1. The number of aldehydes is 1. The molecule has 0 spiro atoms. The lowest BCUT2D eigenvalue weighted by atomic mass is 9.59. The van der Waals surface area contributed by atoms with Crippen LogP contribution in [0.1, 0.15) is 48.0 Å². The van der Waals surface area contributed by atoms with Gasteiger partial charge in [-0.25, -0.2) is 9.59 Å². The molecule has 7 heteroatoms. The highest BCUT2D eigenvalue weighted by Gasteiger charge is 2.61. The summed E-state index contributed by atoms with van der Waals surface area (Å²) < 4.78 is 0. The second-order valence-corrected chi connectivity index (χ2v) is 8.22. The van der Waals surface area contributed by atoms with Crippen molar-refractivity contribution in [2.75, 3.05) is 13.1 Å². The average Bonchev–Trinajstić information content (AvgIpc) is 2.34. The number of carboxylic acid groups (broad SMARTS) is 2. The van der Waals surface area contributed by atoms with Gasteiger partial charge in [0, 0.05) is 19.5 Å². The summed E-state index contributed by atoms with van der Waals surface area (Å²) in [6.07, 6.45) is -1.56. The van der Waals surface area contributed by atoms with E-state index in [1.807, 2.05) is 41.5 Å². The van der Waals surface area contributed by atoms with E-state index in [1.165, 1.54) is 9.80 Å². The first-order valence-corrected chi connectivity index (χ1v) is 7.74. The first-order chi connectivity index (χ1) is 10.3. The number of carbonyl (C=O) groups is 3. The van der Waals surface area contributed by atoms with Crippen molar-refractivity contribution >= 4 is 18.5 Å². The maximum atomic E-state index is 11.9. The summed E-state index contributed by atoms with van der Waals surface area (Å²) in [5.74, 6) is 0. The van der Waals surface area contributed by atoms with E-state index in [2.05, 4.69) is 0 Å². The number of nitrogens with zero attached hydrogens (tertiary/aromatic N) is 2. The molecule has 2 atom stereocenters.